The minimum atomic E-state index is 0.568. The molecule has 2 heterocycles. The monoisotopic (exact) mass is 279 g/mol. The standard InChI is InChI=1S/C16H17N5/c1-10-4-3-5-13(11(10)2)20-15-14-16(18-8-17-15)21(9-19-14)12-6-7-12/h3-5,8-9,12H,6-7H2,1-2H3,(H,17,18,20). The highest BCUT2D eigenvalue weighted by Gasteiger charge is 2.26. The predicted octanol–water partition coefficient (Wildman–Crippen LogP) is 3.52. The van der Waals surface area contributed by atoms with Gasteiger partial charge in [-0.3, -0.25) is 0 Å². The van der Waals surface area contributed by atoms with Crippen molar-refractivity contribution in [2.75, 3.05) is 5.32 Å². The van der Waals surface area contributed by atoms with Gasteiger partial charge in [-0.15, -0.1) is 0 Å². The van der Waals surface area contributed by atoms with E-state index in [1.54, 1.807) is 6.33 Å². The summed E-state index contributed by atoms with van der Waals surface area (Å²) in [6.07, 6.45) is 5.92. The van der Waals surface area contributed by atoms with Crippen LogP contribution in [0.1, 0.15) is 30.0 Å². The lowest BCUT2D eigenvalue weighted by atomic mass is 10.1. The van der Waals surface area contributed by atoms with E-state index in [1.807, 2.05) is 12.4 Å². The first-order valence-corrected chi connectivity index (χ1v) is 7.25. The number of fused-ring (bicyclic) bond motifs is 1. The first-order chi connectivity index (χ1) is 10.2. The Balaban J connectivity index is 1.78. The van der Waals surface area contributed by atoms with Crippen LogP contribution in [-0.4, -0.2) is 19.5 Å². The van der Waals surface area contributed by atoms with E-state index in [0.29, 0.717) is 6.04 Å². The Morgan fingerprint density at radius 2 is 2.00 bits per heavy atom. The Labute approximate surface area is 123 Å². The average molecular weight is 279 g/mol. The molecule has 1 saturated carbocycles. The average Bonchev–Trinajstić information content (AvgIpc) is 3.23. The van der Waals surface area contributed by atoms with Crippen LogP contribution in [0.3, 0.4) is 0 Å². The Morgan fingerprint density at radius 3 is 2.81 bits per heavy atom. The zero-order valence-corrected chi connectivity index (χ0v) is 12.2. The molecule has 0 bridgehead atoms. The molecule has 1 aliphatic carbocycles. The van der Waals surface area contributed by atoms with Crippen molar-refractivity contribution in [1.82, 2.24) is 19.5 Å². The highest BCUT2D eigenvalue weighted by atomic mass is 15.2. The van der Waals surface area contributed by atoms with Crippen LogP contribution in [0, 0.1) is 13.8 Å². The zero-order chi connectivity index (χ0) is 14.4. The molecule has 0 aliphatic heterocycles. The second-order valence-electron chi connectivity index (χ2n) is 5.65. The van der Waals surface area contributed by atoms with E-state index in [-0.39, 0.29) is 0 Å². The zero-order valence-electron chi connectivity index (χ0n) is 12.2. The number of anilines is 2. The molecule has 2 aromatic heterocycles. The van der Waals surface area contributed by atoms with Crippen molar-refractivity contribution in [2.45, 2.75) is 32.7 Å². The molecule has 0 atom stereocenters. The lowest BCUT2D eigenvalue weighted by Gasteiger charge is -2.11. The van der Waals surface area contributed by atoms with Gasteiger partial charge in [-0.1, -0.05) is 12.1 Å². The second-order valence-corrected chi connectivity index (χ2v) is 5.65. The largest absolute Gasteiger partial charge is 0.338 e. The maximum atomic E-state index is 4.50. The van der Waals surface area contributed by atoms with Crippen LogP contribution in [0.5, 0.6) is 0 Å². The molecule has 0 unspecified atom stereocenters. The number of rotatable bonds is 3. The summed E-state index contributed by atoms with van der Waals surface area (Å²) in [4.78, 5) is 13.3. The number of hydrogen-bond acceptors (Lipinski definition) is 4. The predicted molar refractivity (Wildman–Crippen MR) is 82.8 cm³/mol. The third kappa shape index (κ3) is 2.05. The molecule has 4 rings (SSSR count). The van der Waals surface area contributed by atoms with E-state index in [9.17, 15) is 0 Å². The smallest absolute Gasteiger partial charge is 0.165 e. The Kier molecular flexibility index (Phi) is 2.67. The fourth-order valence-corrected chi connectivity index (χ4v) is 2.58. The number of benzene rings is 1. The molecular weight excluding hydrogens is 262 g/mol. The fourth-order valence-electron chi connectivity index (χ4n) is 2.58. The molecule has 1 aliphatic rings. The highest BCUT2D eigenvalue weighted by Crippen LogP contribution is 2.37. The van der Waals surface area contributed by atoms with E-state index in [4.69, 9.17) is 0 Å². The van der Waals surface area contributed by atoms with Gasteiger partial charge in [0.05, 0.1) is 6.33 Å². The summed E-state index contributed by atoms with van der Waals surface area (Å²) in [6.45, 7) is 4.22. The van der Waals surface area contributed by atoms with Gasteiger partial charge in [0, 0.05) is 11.7 Å². The van der Waals surface area contributed by atoms with Crippen LogP contribution in [0.15, 0.2) is 30.9 Å². The molecule has 1 N–H and O–H groups in total. The van der Waals surface area contributed by atoms with Gasteiger partial charge in [-0.05, 0) is 43.9 Å². The SMILES string of the molecule is Cc1cccc(Nc2ncnc3c2ncn3C2CC2)c1C. The van der Waals surface area contributed by atoms with E-state index < -0.39 is 0 Å². The van der Waals surface area contributed by atoms with Crippen molar-refractivity contribution in [3.05, 3.63) is 42.0 Å². The summed E-state index contributed by atoms with van der Waals surface area (Å²) in [5.41, 5.74) is 5.31. The molecule has 0 saturated heterocycles. The van der Waals surface area contributed by atoms with Gasteiger partial charge in [0.1, 0.15) is 6.33 Å². The first-order valence-electron chi connectivity index (χ1n) is 7.25. The van der Waals surface area contributed by atoms with Crippen molar-refractivity contribution in [1.29, 1.82) is 0 Å². The van der Waals surface area contributed by atoms with E-state index >= 15 is 0 Å². The summed E-state index contributed by atoms with van der Waals surface area (Å²) < 4.78 is 2.16. The minimum absolute atomic E-state index is 0.568. The summed E-state index contributed by atoms with van der Waals surface area (Å²) in [5, 5.41) is 3.40. The van der Waals surface area contributed by atoms with Gasteiger partial charge in [-0.2, -0.15) is 0 Å². The van der Waals surface area contributed by atoms with Crippen molar-refractivity contribution in [3.8, 4) is 0 Å². The molecule has 0 amide bonds. The third-order valence-electron chi connectivity index (χ3n) is 4.16. The maximum absolute atomic E-state index is 4.50. The maximum Gasteiger partial charge on any atom is 0.165 e. The van der Waals surface area contributed by atoms with E-state index in [2.05, 4.69) is 50.8 Å². The fraction of sp³-hybridized carbons (Fsp3) is 0.312. The highest BCUT2D eigenvalue weighted by molar-refractivity contribution is 5.85. The molecule has 3 aromatic rings. The second kappa shape index (κ2) is 4.55. The van der Waals surface area contributed by atoms with Gasteiger partial charge < -0.3 is 9.88 Å². The molecule has 1 fully saturated rings. The Morgan fingerprint density at radius 1 is 1.14 bits per heavy atom. The number of aromatic nitrogens is 4. The summed E-state index contributed by atoms with van der Waals surface area (Å²) in [7, 11) is 0. The quantitative estimate of drug-likeness (QED) is 0.797. The van der Waals surface area contributed by atoms with Gasteiger partial charge >= 0.3 is 0 Å². The lowest BCUT2D eigenvalue weighted by Crippen LogP contribution is -2.00. The molecule has 5 nitrogen and oxygen atoms in total. The van der Waals surface area contributed by atoms with Crippen LogP contribution in [0.25, 0.3) is 11.2 Å². The molecular formula is C16H17N5. The first kappa shape index (κ1) is 12.3. The van der Waals surface area contributed by atoms with Crippen molar-refractivity contribution < 1.29 is 0 Å². The lowest BCUT2D eigenvalue weighted by molar-refractivity contribution is 0.756. The number of nitrogens with zero attached hydrogens (tertiary/aromatic N) is 4. The number of aryl methyl sites for hydroxylation is 1. The molecule has 0 radical (unpaired) electrons. The van der Waals surface area contributed by atoms with Crippen molar-refractivity contribution >= 4 is 22.7 Å². The third-order valence-corrected chi connectivity index (χ3v) is 4.16. The molecule has 5 heteroatoms. The van der Waals surface area contributed by atoms with Crippen LogP contribution in [0.2, 0.25) is 0 Å². The van der Waals surface area contributed by atoms with Gasteiger partial charge in [0.2, 0.25) is 0 Å². The van der Waals surface area contributed by atoms with Crippen LogP contribution in [-0.2, 0) is 0 Å². The van der Waals surface area contributed by atoms with Crippen LogP contribution in [0.4, 0.5) is 11.5 Å². The summed E-state index contributed by atoms with van der Waals surface area (Å²) in [6, 6.07) is 6.79. The van der Waals surface area contributed by atoms with Gasteiger partial charge in [-0.25, -0.2) is 15.0 Å². The topological polar surface area (TPSA) is 55.6 Å². The number of imidazole rings is 1. The van der Waals surface area contributed by atoms with Crippen molar-refractivity contribution in [3.63, 3.8) is 0 Å². The Hall–Kier alpha value is -2.43. The Bertz CT molecular complexity index is 817. The molecule has 21 heavy (non-hydrogen) atoms. The minimum Gasteiger partial charge on any atom is -0.338 e. The number of hydrogen-bond donors (Lipinski definition) is 1. The van der Waals surface area contributed by atoms with E-state index in [1.165, 1.54) is 24.0 Å². The van der Waals surface area contributed by atoms with Crippen molar-refractivity contribution in [2.24, 2.45) is 0 Å². The summed E-state index contributed by atoms with van der Waals surface area (Å²) in [5.74, 6) is 0.771. The molecule has 0 spiro atoms. The number of nitrogens with one attached hydrogen (secondary N) is 1. The summed E-state index contributed by atoms with van der Waals surface area (Å²) >= 11 is 0. The van der Waals surface area contributed by atoms with Gasteiger partial charge in [0.15, 0.2) is 17.0 Å². The normalized spacial score (nSPS) is 14.6. The van der Waals surface area contributed by atoms with Gasteiger partial charge in [0.25, 0.3) is 0 Å². The van der Waals surface area contributed by atoms with Crippen LogP contribution >= 0.6 is 0 Å². The van der Waals surface area contributed by atoms with Crippen LogP contribution < -0.4 is 5.32 Å². The van der Waals surface area contributed by atoms with E-state index in [0.717, 1.165) is 22.7 Å². The molecule has 1 aromatic carbocycles. The molecule has 106 valence electrons.